The van der Waals surface area contributed by atoms with E-state index in [1.165, 1.54) is 37.2 Å². The summed E-state index contributed by atoms with van der Waals surface area (Å²) in [6.45, 7) is 10.0. The third-order valence-corrected chi connectivity index (χ3v) is 10.4. The van der Waals surface area contributed by atoms with E-state index in [9.17, 15) is 19.2 Å². The maximum absolute atomic E-state index is 11.4. The number of esters is 1. The first-order chi connectivity index (χ1) is 35.3. The number of ketones is 3. The first-order valence-electron chi connectivity index (χ1n) is 23.2. The van der Waals surface area contributed by atoms with Crippen LogP contribution in [0.4, 0.5) is 0 Å². The number of aliphatic hydroxyl groups is 2. The number of benzene rings is 4. The quantitative estimate of drug-likeness (QED) is 0.0164. The highest BCUT2D eigenvalue weighted by Gasteiger charge is 2.15. The number of carbonyl (C=O) groups excluding carboxylic acids is 4. The summed E-state index contributed by atoms with van der Waals surface area (Å²) in [7, 11) is 1.50. The van der Waals surface area contributed by atoms with E-state index in [4.69, 9.17) is 54.0 Å². The molecule has 0 saturated carbocycles. The molecule has 1 saturated heterocycles. The van der Waals surface area contributed by atoms with E-state index >= 15 is 0 Å². The van der Waals surface area contributed by atoms with Crippen LogP contribution in [0.1, 0.15) is 104 Å². The van der Waals surface area contributed by atoms with Crippen LogP contribution in [0.15, 0.2) is 97.1 Å². The first-order valence-corrected chi connectivity index (χ1v) is 34.1. The maximum Gasteiger partial charge on any atom is 0.310 e. The number of fused-ring (bicyclic) bond motifs is 1. The minimum absolute atomic E-state index is 0. The molecule has 0 amide bonds. The van der Waals surface area contributed by atoms with Crippen molar-refractivity contribution in [3.05, 3.63) is 142 Å². The predicted molar refractivity (Wildman–Crippen MR) is 343 cm³/mol. The smallest absolute Gasteiger partial charge is 0.310 e. The summed E-state index contributed by atoms with van der Waals surface area (Å²) in [6.07, 6.45) is 6.21. The van der Waals surface area contributed by atoms with E-state index in [0.717, 1.165) is 57.5 Å². The fourth-order valence-electron chi connectivity index (χ4n) is 5.53. The van der Waals surface area contributed by atoms with Gasteiger partial charge in [-0.05, 0) is 130 Å². The number of hydrogen-bond donors (Lipinski definition) is 7. The molecule has 0 aliphatic carbocycles. The van der Waals surface area contributed by atoms with Gasteiger partial charge in [-0.3, -0.25) is 24.6 Å². The molecule has 0 unspecified atom stereocenters. The standard InChI is InChI=1S/C12H16N2OS.C11H13BrO.C11H14O2.C9H8O2.C4H8O.C2H6O.CH2Cl2.CH4N2S.CH5N.Br3P.BrH/c1-2-11(15)7-9-5-3-4-6-10(9)8-16-12(13)14;2*1-2-11(13)7-9-5-3-4-6-10(9)8-12;10-9-5-7-3-1-2-4-8(7)6-11-9;1-2-4-5-3-1;1-2-3;2-1-3;2-1(3)4;1-2;1-4(2)3;/h3-6H,2,7-8H2,1H3,(H3,13,14);3-6H,2,7-8H2,1H3;3-6,12H,2,7-8H2,1H3;1-4H,5-6H2;1-4H2;3H,2H2,1H3;1H2;(H4,2,3,4);2H2,1H3;;1H. The van der Waals surface area contributed by atoms with Crippen LogP contribution in [0, 0.1) is 5.41 Å². The summed E-state index contributed by atoms with van der Waals surface area (Å²) in [6, 6.07) is 31.2. The molecule has 0 radical (unpaired) electrons. The Hall–Kier alpha value is -1.88. The number of nitrogens with one attached hydrogen (secondary N) is 1. The van der Waals surface area contributed by atoms with Crippen molar-refractivity contribution in [1.82, 2.24) is 0 Å². The number of hydrogen-bond acceptors (Lipinski definition) is 12. The van der Waals surface area contributed by atoms with Gasteiger partial charge in [-0.2, -0.15) is 0 Å². The number of thiocarbonyl (C=S) groups is 1. The van der Waals surface area contributed by atoms with E-state index in [-0.39, 0.29) is 67.4 Å². The third-order valence-electron chi connectivity index (χ3n) is 9.07. The van der Waals surface area contributed by atoms with Crippen LogP contribution >= 0.6 is 131 Å². The van der Waals surface area contributed by atoms with Crippen LogP contribution in [-0.4, -0.2) is 76.0 Å². The molecular formula is C52H77Br5Cl2N5O8PS2. The van der Waals surface area contributed by atoms with Crippen molar-refractivity contribution >= 4 is 164 Å². The lowest BCUT2D eigenvalue weighted by Gasteiger charge is -2.14. The lowest BCUT2D eigenvalue weighted by molar-refractivity contribution is -0.145. The number of aliphatic hydroxyl groups excluding tert-OH is 2. The van der Waals surface area contributed by atoms with Gasteiger partial charge in [0, 0.05) is 69.4 Å². The van der Waals surface area contributed by atoms with Crippen LogP contribution in [0.3, 0.4) is 0 Å². The van der Waals surface area contributed by atoms with E-state index in [0.29, 0.717) is 63.1 Å². The molecule has 0 atom stereocenters. The number of alkyl halides is 3. The van der Waals surface area contributed by atoms with Crippen molar-refractivity contribution in [2.24, 2.45) is 22.9 Å². The average molecular weight is 1470 g/mol. The number of thioether (sulfide) groups is 1. The third kappa shape index (κ3) is 51.3. The largest absolute Gasteiger partial charge is 0.461 e. The van der Waals surface area contributed by atoms with Crippen LogP contribution in [0.25, 0.3) is 0 Å². The van der Waals surface area contributed by atoms with Crippen LogP contribution in [-0.2, 0) is 78.6 Å². The molecule has 23 heteroatoms. The number of carbonyl (C=O) groups is 4. The predicted octanol–water partition coefficient (Wildman–Crippen LogP) is 13.4. The molecule has 75 heavy (non-hydrogen) atoms. The summed E-state index contributed by atoms with van der Waals surface area (Å²) in [5, 5.41) is 24.8. The summed E-state index contributed by atoms with van der Waals surface area (Å²) in [5.41, 5.74) is 27.6. The highest BCUT2D eigenvalue weighted by atomic mass is 80.0. The van der Waals surface area contributed by atoms with Gasteiger partial charge in [0.1, 0.15) is 28.0 Å². The lowest BCUT2D eigenvalue weighted by atomic mass is 10.0. The monoisotopic (exact) mass is 1460 g/mol. The Labute approximate surface area is 510 Å². The van der Waals surface area contributed by atoms with Crippen LogP contribution in [0.2, 0.25) is 0 Å². The number of rotatable bonds is 13. The molecule has 11 N–H and O–H groups in total. The summed E-state index contributed by atoms with van der Waals surface area (Å²) in [5.74, 6) is 1.28. The van der Waals surface area contributed by atoms with Crippen molar-refractivity contribution in [1.29, 1.82) is 5.41 Å². The minimum atomic E-state index is -0.183. The van der Waals surface area contributed by atoms with Crippen molar-refractivity contribution in [3.8, 4) is 0 Å². The molecular weight excluding hydrogens is 1390 g/mol. The zero-order valence-electron chi connectivity index (χ0n) is 43.4. The number of Topliss-reactive ketones (excluding diaryl/α,β-unsaturated/α-hetero) is 3. The van der Waals surface area contributed by atoms with Gasteiger partial charge < -0.3 is 42.6 Å². The summed E-state index contributed by atoms with van der Waals surface area (Å²) >= 11 is 27.8. The number of ether oxygens (including phenoxy) is 2. The molecule has 0 bridgehead atoms. The zero-order chi connectivity index (χ0) is 57.1. The van der Waals surface area contributed by atoms with Crippen molar-refractivity contribution < 1.29 is 38.9 Å². The van der Waals surface area contributed by atoms with Gasteiger partial charge in [0.2, 0.25) is 0 Å². The second-order valence-corrected chi connectivity index (χ2v) is 32.6. The Morgan fingerprint density at radius 2 is 1.00 bits per heavy atom. The van der Waals surface area contributed by atoms with Gasteiger partial charge in [0.15, 0.2) is 10.3 Å². The first kappa shape index (κ1) is 82.0. The Morgan fingerprint density at radius 1 is 0.680 bits per heavy atom. The molecule has 6 rings (SSSR count). The fourth-order valence-corrected chi connectivity index (χ4v) is 6.67. The Morgan fingerprint density at radius 3 is 1.33 bits per heavy atom. The topological polar surface area (TPSA) is 255 Å². The van der Waals surface area contributed by atoms with E-state index in [2.05, 4.69) is 91.8 Å². The molecule has 2 heterocycles. The Balaban J connectivity index is -0.000000257. The lowest BCUT2D eigenvalue weighted by Crippen LogP contribution is -2.18. The summed E-state index contributed by atoms with van der Waals surface area (Å²) in [4.78, 5) is 44.6. The van der Waals surface area contributed by atoms with Crippen molar-refractivity contribution in [2.75, 3.05) is 32.2 Å². The highest BCUT2D eigenvalue weighted by molar-refractivity contribution is 9.93. The molecule has 4 aromatic carbocycles. The van der Waals surface area contributed by atoms with Crippen LogP contribution < -0.4 is 22.9 Å². The number of cyclic esters (lactones) is 1. The number of amidine groups is 1. The van der Waals surface area contributed by atoms with Gasteiger partial charge in [-0.25, -0.2) is 0 Å². The SMILES string of the molecule is Br.BrP(Br)Br.C1CCOC1.CCC(=O)Cc1ccccc1CBr.CCC(=O)Cc1ccccc1CO.CCC(=O)Cc1ccccc1CSC(=N)N.CCO.CN.ClCCl.NC(N)=S.O=C1Cc2ccccc2CO1. The van der Waals surface area contributed by atoms with Gasteiger partial charge in [0.05, 0.1) is 18.4 Å². The Kier molecular flexibility index (Phi) is 63.7. The molecule has 1 fully saturated rings. The van der Waals surface area contributed by atoms with Crippen molar-refractivity contribution in [2.45, 2.75) is 110 Å². The van der Waals surface area contributed by atoms with E-state index < -0.39 is 0 Å². The van der Waals surface area contributed by atoms with E-state index in [1.54, 1.807) is 6.92 Å². The molecule has 4 aromatic rings. The molecule has 0 aromatic heterocycles. The number of halogens is 7. The Bertz CT molecular complexity index is 2050. The molecule has 2 aliphatic rings. The van der Waals surface area contributed by atoms with Crippen molar-refractivity contribution in [3.63, 3.8) is 0 Å². The van der Waals surface area contributed by atoms with Gasteiger partial charge in [-0.1, -0.05) is 146 Å². The molecule has 13 nitrogen and oxygen atoms in total. The fraction of sp³-hybridized carbons (Fsp3) is 0.423. The van der Waals surface area contributed by atoms with Gasteiger partial charge >= 0.3 is 5.97 Å². The van der Waals surface area contributed by atoms with Gasteiger partial charge in [-0.15, -0.1) is 40.2 Å². The molecule has 2 aliphatic heterocycles. The minimum Gasteiger partial charge on any atom is -0.461 e. The second-order valence-electron chi connectivity index (χ2n) is 14.4. The highest BCUT2D eigenvalue weighted by Crippen LogP contribution is 2.59. The maximum atomic E-state index is 11.4. The second kappa shape index (κ2) is 58.3. The van der Waals surface area contributed by atoms with E-state index in [1.807, 2.05) is 118 Å². The van der Waals surface area contributed by atoms with Gasteiger partial charge in [0.25, 0.3) is 0 Å². The summed E-state index contributed by atoms with van der Waals surface area (Å²) < 4.78 is 9.63. The normalized spacial score (nSPS) is 10.8. The molecule has 0 spiro atoms. The zero-order valence-corrected chi connectivity index (χ0v) is 55.4. The average Bonchev–Trinajstić information content (AvgIpc) is 3.99. The molecule has 424 valence electrons. The van der Waals surface area contributed by atoms with Crippen LogP contribution in [0.5, 0.6) is 0 Å². The number of nitrogens with two attached hydrogens (primary N) is 4.